The number of benzene rings is 5. The van der Waals surface area contributed by atoms with E-state index in [1.54, 1.807) is 30.3 Å². The molecule has 7 heteroatoms. The maximum atomic E-state index is 13.0. The third-order valence-electron chi connectivity index (χ3n) is 8.16. The fraction of sp³-hybridized carbons (Fsp3) is 0.205. The highest BCUT2D eigenvalue weighted by atomic mass is 16.7. The summed E-state index contributed by atoms with van der Waals surface area (Å²) in [6, 6.07) is 47.5. The summed E-state index contributed by atoms with van der Waals surface area (Å²) in [5.74, 6) is -0.667. The minimum atomic E-state index is -1.52. The molecule has 1 saturated heterocycles. The molecule has 2 N–H and O–H groups in total. The van der Waals surface area contributed by atoms with Crippen molar-refractivity contribution in [1.82, 2.24) is 0 Å². The van der Waals surface area contributed by atoms with Crippen LogP contribution in [0.15, 0.2) is 152 Å². The van der Waals surface area contributed by atoms with Crippen molar-refractivity contribution in [3.8, 4) is 0 Å². The first kappa shape index (κ1) is 31.4. The molecule has 46 heavy (non-hydrogen) atoms. The largest absolute Gasteiger partial charge is 0.450 e. The predicted octanol–water partition coefficient (Wildman–Crippen LogP) is 5.88. The van der Waals surface area contributed by atoms with Crippen LogP contribution in [0.5, 0.6) is 0 Å². The van der Waals surface area contributed by atoms with Crippen molar-refractivity contribution in [1.29, 1.82) is 0 Å². The van der Waals surface area contributed by atoms with Gasteiger partial charge in [0.1, 0.15) is 23.9 Å². The fourth-order valence-electron chi connectivity index (χ4n) is 5.80. The van der Waals surface area contributed by atoms with Crippen LogP contribution < -0.4 is 0 Å². The van der Waals surface area contributed by atoms with Crippen LogP contribution in [0.1, 0.15) is 32.6 Å². The number of carbonyl (C=O) groups excluding carboxylic acids is 1. The molecule has 1 aliphatic rings. The van der Waals surface area contributed by atoms with Gasteiger partial charge in [-0.25, -0.2) is 4.79 Å². The lowest BCUT2D eigenvalue weighted by molar-refractivity contribution is -0.307. The molecule has 5 aromatic rings. The van der Waals surface area contributed by atoms with Gasteiger partial charge in [0.2, 0.25) is 0 Å². The minimum Gasteiger partial charge on any atom is -0.450 e. The lowest BCUT2D eigenvalue weighted by Crippen LogP contribution is -2.61. The van der Waals surface area contributed by atoms with Crippen LogP contribution in [-0.2, 0) is 31.2 Å². The second kappa shape index (κ2) is 14.6. The smallest absolute Gasteiger partial charge is 0.338 e. The molecule has 0 radical (unpaired) electrons. The van der Waals surface area contributed by atoms with Gasteiger partial charge in [0.05, 0.1) is 18.8 Å². The van der Waals surface area contributed by atoms with Crippen molar-refractivity contribution < 1.29 is 34.0 Å². The Morgan fingerprint density at radius 2 is 1.09 bits per heavy atom. The standard InChI is InChI=1S/C39H36O7/c40-34-33(27-44-39(30-20-10-3-11-21-30,31-22-12-4-13-23-31)32-24-14-5-15-25-32)45-38(43-26-28-16-6-1-7-17-28)36(35(34)41)46-37(42)29-18-8-2-9-19-29/h1-25,33-36,38,40-41H,26-27H2/t33-,34+,35+,36-,38+/m1/s1. The molecule has 0 aliphatic carbocycles. The number of rotatable bonds is 11. The van der Waals surface area contributed by atoms with Crippen LogP contribution in [0.3, 0.4) is 0 Å². The summed E-state index contributed by atoms with van der Waals surface area (Å²) in [7, 11) is 0. The highest BCUT2D eigenvalue weighted by molar-refractivity contribution is 5.89. The molecule has 5 atom stereocenters. The Kier molecular flexibility index (Phi) is 9.98. The molecule has 234 valence electrons. The average molecular weight is 617 g/mol. The molecule has 0 spiro atoms. The van der Waals surface area contributed by atoms with Gasteiger partial charge in [0.15, 0.2) is 12.4 Å². The Labute approximate surface area is 268 Å². The molecule has 0 saturated carbocycles. The van der Waals surface area contributed by atoms with E-state index in [9.17, 15) is 15.0 Å². The second-order valence-electron chi connectivity index (χ2n) is 11.1. The molecule has 1 fully saturated rings. The van der Waals surface area contributed by atoms with E-state index in [2.05, 4.69) is 0 Å². The van der Waals surface area contributed by atoms with Gasteiger partial charge < -0.3 is 29.2 Å². The molecular weight excluding hydrogens is 580 g/mol. The summed E-state index contributed by atoms with van der Waals surface area (Å²) in [4.78, 5) is 13.0. The number of aliphatic hydroxyl groups excluding tert-OH is 2. The summed E-state index contributed by atoms with van der Waals surface area (Å²) in [6.45, 7) is 0.00469. The SMILES string of the molecule is O=C(O[C@H]1[C@@H](OCc2ccccc2)O[C@H](COC(c2ccccc2)(c2ccccc2)c2ccccc2)[C@H](O)[C@@H]1O)c1ccccc1. The van der Waals surface area contributed by atoms with Crippen molar-refractivity contribution in [3.63, 3.8) is 0 Å². The average Bonchev–Trinajstić information content (AvgIpc) is 3.13. The van der Waals surface area contributed by atoms with E-state index >= 15 is 0 Å². The van der Waals surface area contributed by atoms with Crippen LogP contribution >= 0.6 is 0 Å². The Balaban J connectivity index is 1.31. The Morgan fingerprint density at radius 1 is 0.630 bits per heavy atom. The Bertz CT molecular complexity index is 1550. The zero-order valence-electron chi connectivity index (χ0n) is 25.2. The van der Waals surface area contributed by atoms with Crippen LogP contribution in [0, 0.1) is 0 Å². The van der Waals surface area contributed by atoms with E-state index in [0.717, 1.165) is 22.3 Å². The molecule has 7 nitrogen and oxygen atoms in total. The van der Waals surface area contributed by atoms with Gasteiger partial charge in [0.25, 0.3) is 0 Å². The Hall–Kier alpha value is -4.63. The van der Waals surface area contributed by atoms with Gasteiger partial charge in [-0.15, -0.1) is 0 Å². The fourth-order valence-corrected chi connectivity index (χ4v) is 5.80. The molecule has 0 amide bonds. The maximum absolute atomic E-state index is 13.0. The molecular formula is C39H36O7. The molecule has 1 heterocycles. The van der Waals surface area contributed by atoms with Crippen molar-refractivity contribution >= 4 is 5.97 Å². The second-order valence-corrected chi connectivity index (χ2v) is 11.1. The van der Waals surface area contributed by atoms with Crippen molar-refractivity contribution in [2.45, 2.75) is 42.9 Å². The normalized spacial score (nSPS) is 21.4. The number of aliphatic hydroxyl groups is 2. The summed E-state index contributed by atoms with van der Waals surface area (Å²) >= 11 is 0. The van der Waals surface area contributed by atoms with Gasteiger partial charge in [-0.2, -0.15) is 0 Å². The molecule has 0 unspecified atom stereocenters. The van der Waals surface area contributed by atoms with E-state index in [1.165, 1.54) is 0 Å². The maximum Gasteiger partial charge on any atom is 0.338 e. The van der Waals surface area contributed by atoms with E-state index in [-0.39, 0.29) is 13.2 Å². The van der Waals surface area contributed by atoms with E-state index in [4.69, 9.17) is 18.9 Å². The van der Waals surface area contributed by atoms with Gasteiger partial charge in [-0.05, 0) is 34.4 Å². The molecule has 6 rings (SSSR count). The van der Waals surface area contributed by atoms with Crippen LogP contribution in [0.25, 0.3) is 0 Å². The zero-order chi connectivity index (χ0) is 31.8. The number of carbonyl (C=O) groups is 1. The lowest BCUT2D eigenvalue weighted by atomic mass is 9.80. The number of hydrogen-bond donors (Lipinski definition) is 2. The summed E-state index contributed by atoms with van der Waals surface area (Å²) in [6.07, 6.45) is -6.50. The summed E-state index contributed by atoms with van der Waals surface area (Å²) < 4.78 is 25.0. The van der Waals surface area contributed by atoms with Crippen molar-refractivity contribution in [2.75, 3.05) is 6.61 Å². The first-order chi connectivity index (χ1) is 22.6. The van der Waals surface area contributed by atoms with Crippen molar-refractivity contribution in [2.24, 2.45) is 0 Å². The van der Waals surface area contributed by atoms with Gasteiger partial charge in [-0.1, -0.05) is 140 Å². The minimum absolute atomic E-state index is 0.124. The van der Waals surface area contributed by atoms with Gasteiger partial charge in [0, 0.05) is 0 Å². The third kappa shape index (κ3) is 6.79. The highest BCUT2D eigenvalue weighted by Gasteiger charge is 2.49. The van der Waals surface area contributed by atoms with Crippen molar-refractivity contribution in [3.05, 3.63) is 179 Å². The quantitative estimate of drug-likeness (QED) is 0.141. The Morgan fingerprint density at radius 3 is 1.59 bits per heavy atom. The topological polar surface area (TPSA) is 94.5 Å². The lowest BCUT2D eigenvalue weighted by Gasteiger charge is -2.43. The van der Waals surface area contributed by atoms with Crippen LogP contribution in [0.2, 0.25) is 0 Å². The van der Waals surface area contributed by atoms with E-state index in [0.29, 0.717) is 5.56 Å². The molecule has 5 aromatic carbocycles. The zero-order valence-corrected chi connectivity index (χ0v) is 25.2. The van der Waals surface area contributed by atoms with E-state index < -0.39 is 42.3 Å². The monoisotopic (exact) mass is 616 g/mol. The van der Waals surface area contributed by atoms with Crippen LogP contribution in [-0.4, -0.2) is 53.5 Å². The molecule has 0 bridgehead atoms. The van der Waals surface area contributed by atoms with Crippen LogP contribution in [0.4, 0.5) is 0 Å². The summed E-state index contributed by atoms with van der Waals surface area (Å²) in [5.41, 5.74) is 2.73. The third-order valence-corrected chi connectivity index (χ3v) is 8.16. The highest BCUT2D eigenvalue weighted by Crippen LogP contribution is 2.41. The number of esters is 1. The van der Waals surface area contributed by atoms with Gasteiger partial charge >= 0.3 is 5.97 Å². The first-order valence-electron chi connectivity index (χ1n) is 15.3. The predicted molar refractivity (Wildman–Crippen MR) is 173 cm³/mol. The number of ether oxygens (including phenoxy) is 4. The summed E-state index contributed by atoms with van der Waals surface area (Å²) in [5, 5.41) is 22.8. The first-order valence-corrected chi connectivity index (χ1v) is 15.3. The molecule has 0 aromatic heterocycles. The number of hydrogen-bond acceptors (Lipinski definition) is 7. The van der Waals surface area contributed by atoms with E-state index in [1.807, 2.05) is 121 Å². The molecule has 1 aliphatic heterocycles. The van der Waals surface area contributed by atoms with Gasteiger partial charge in [-0.3, -0.25) is 0 Å².